The van der Waals surface area contributed by atoms with Crippen molar-refractivity contribution in [1.29, 1.82) is 0 Å². The van der Waals surface area contributed by atoms with E-state index in [9.17, 15) is 4.79 Å². The fourth-order valence-corrected chi connectivity index (χ4v) is 0.793. The minimum Gasteiger partial charge on any atom is -0.444 e. The molecule has 0 amide bonds. The minimum absolute atomic E-state index is 0.178. The van der Waals surface area contributed by atoms with Gasteiger partial charge in [0.2, 0.25) is 0 Å². The van der Waals surface area contributed by atoms with Gasteiger partial charge in [0.15, 0.2) is 11.5 Å². The van der Waals surface area contributed by atoms with E-state index >= 15 is 0 Å². The van der Waals surface area contributed by atoms with Gasteiger partial charge in [0, 0.05) is 19.3 Å². The Hall–Kier alpha value is -1.10. The average Bonchev–Trinajstić information content (AvgIpc) is 2.31. The first-order chi connectivity index (χ1) is 5.20. The fourth-order valence-electron chi connectivity index (χ4n) is 0.611. The summed E-state index contributed by atoms with van der Waals surface area (Å²) in [6.45, 7) is 1.54. The molecule has 0 saturated heterocycles. The SMILES string of the molecule is CC(=O)OCn1cc[nH]c1=S. The zero-order valence-electron chi connectivity index (χ0n) is 6.03. The number of hydrogen-bond acceptors (Lipinski definition) is 3. The molecule has 0 aliphatic carbocycles. The van der Waals surface area contributed by atoms with E-state index in [0.29, 0.717) is 4.77 Å². The largest absolute Gasteiger partial charge is 0.444 e. The van der Waals surface area contributed by atoms with Gasteiger partial charge in [-0.3, -0.25) is 9.36 Å². The molecule has 0 aromatic carbocycles. The maximum Gasteiger partial charge on any atom is 0.304 e. The van der Waals surface area contributed by atoms with Crippen molar-refractivity contribution in [1.82, 2.24) is 9.55 Å². The molecule has 0 unspecified atom stereocenters. The topological polar surface area (TPSA) is 47.0 Å². The molecule has 0 bridgehead atoms. The minimum atomic E-state index is -0.312. The Labute approximate surface area is 68.8 Å². The van der Waals surface area contributed by atoms with Gasteiger partial charge < -0.3 is 9.72 Å². The number of ether oxygens (including phenoxy) is 1. The predicted octanol–water partition coefficient (Wildman–Crippen LogP) is 1.07. The number of esters is 1. The zero-order valence-corrected chi connectivity index (χ0v) is 6.85. The van der Waals surface area contributed by atoms with Gasteiger partial charge in [0.1, 0.15) is 0 Å². The van der Waals surface area contributed by atoms with Crippen molar-refractivity contribution in [2.45, 2.75) is 13.7 Å². The number of H-pyrrole nitrogens is 1. The van der Waals surface area contributed by atoms with Gasteiger partial charge >= 0.3 is 5.97 Å². The van der Waals surface area contributed by atoms with Gasteiger partial charge in [-0.15, -0.1) is 0 Å². The van der Waals surface area contributed by atoms with Crippen LogP contribution in [0.15, 0.2) is 12.4 Å². The van der Waals surface area contributed by atoms with Crippen molar-refractivity contribution in [3.8, 4) is 0 Å². The van der Waals surface area contributed by atoms with Crippen LogP contribution in [0.3, 0.4) is 0 Å². The van der Waals surface area contributed by atoms with Crippen LogP contribution in [-0.2, 0) is 16.3 Å². The van der Waals surface area contributed by atoms with Crippen LogP contribution < -0.4 is 0 Å². The van der Waals surface area contributed by atoms with Crippen LogP contribution in [0.2, 0.25) is 0 Å². The maximum absolute atomic E-state index is 10.4. The Morgan fingerprint density at radius 3 is 3.09 bits per heavy atom. The Balaban J connectivity index is 2.58. The van der Waals surface area contributed by atoms with E-state index < -0.39 is 0 Å². The molecule has 4 nitrogen and oxygen atoms in total. The summed E-state index contributed by atoms with van der Waals surface area (Å²) in [6, 6.07) is 0. The maximum atomic E-state index is 10.4. The third kappa shape index (κ3) is 2.19. The molecule has 1 N–H and O–H groups in total. The van der Waals surface area contributed by atoms with E-state index in [2.05, 4.69) is 4.98 Å². The summed E-state index contributed by atoms with van der Waals surface area (Å²) in [4.78, 5) is 13.1. The van der Waals surface area contributed by atoms with E-state index in [1.165, 1.54) is 6.92 Å². The van der Waals surface area contributed by atoms with Crippen LogP contribution in [0.4, 0.5) is 0 Å². The van der Waals surface area contributed by atoms with Crippen LogP contribution in [0.1, 0.15) is 6.92 Å². The second-order valence-corrected chi connectivity index (χ2v) is 2.39. The monoisotopic (exact) mass is 172 g/mol. The Morgan fingerprint density at radius 1 is 1.91 bits per heavy atom. The number of aromatic amines is 1. The van der Waals surface area contributed by atoms with E-state index in [1.54, 1.807) is 17.0 Å². The number of aromatic nitrogens is 2. The molecule has 0 fully saturated rings. The highest BCUT2D eigenvalue weighted by atomic mass is 32.1. The second-order valence-electron chi connectivity index (χ2n) is 2.00. The fraction of sp³-hybridized carbons (Fsp3) is 0.333. The number of rotatable bonds is 2. The second kappa shape index (κ2) is 3.34. The molecule has 0 saturated carbocycles. The molecule has 0 atom stereocenters. The summed E-state index contributed by atoms with van der Waals surface area (Å²) < 4.78 is 6.87. The van der Waals surface area contributed by atoms with Crippen molar-refractivity contribution in [3.05, 3.63) is 17.2 Å². The lowest BCUT2D eigenvalue weighted by Gasteiger charge is -2.00. The van der Waals surface area contributed by atoms with Crippen molar-refractivity contribution in [2.24, 2.45) is 0 Å². The number of carbonyl (C=O) groups excluding carboxylic acids is 1. The summed E-state index contributed by atoms with van der Waals surface area (Å²) in [5.74, 6) is -0.312. The molecule has 0 spiro atoms. The van der Waals surface area contributed by atoms with Crippen LogP contribution in [0.5, 0.6) is 0 Å². The van der Waals surface area contributed by atoms with Gasteiger partial charge in [-0.2, -0.15) is 0 Å². The molecule has 1 heterocycles. The average molecular weight is 172 g/mol. The summed E-state index contributed by atoms with van der Waals surface area (Å²) in [7, 11) is 0. The van der Waals surface area contributed by atoms with Crippen LogP contribution in [-0.4, -0.2) is 15.5 Å². The first kappa shape index (κ1) is 8.00. The quantitative estimate of drug-likeness (QED) is 0.536. The van der Waals surface area contributed by atoms with Gasteiger partial charge in [-0.1, -0.05) is 0 Å². The molecular formula is C6H8N2O2S. The highest BCUT2D eigenvalue weighted by Crippen LogP contribution is 1.91. The summed E-state index contributed by atoms with van der Waals surface area (Å²) in [5.41, 5.74) is 0. The standard InChI is InChI=1S/C6H8N2O2S/c1-5(9)10-4-8-3-2-7-6(8)11/h2-3H,4H2,1H3,(H,7,11). The smallest absolute Gasteiger partial charge is 0.304 e. The molecule has 1 aromatic rings. The molecule has 1 rings (SSSR count). The molecule has 1 aromatic heterocycles. The van der Waals surface area contributed by atoms with Gasteiger partial charge in [0.25, 0.3) is 0 Å². The lowest BCUT2D eigenvalue weighted by atomic mass is 10.8. The Kier molecular flexibility index (Phi) is 2.43. The number of nitrogens with one attached hydrogen (secondary N) is 1. The first-order valence-electron chi connectivity index (χ1n) is 3.07. The van der Waals surface area contributed by atoms with Crippen molar-refractivity contribution < 1.29 is 9.53 Å². The number of nitrogens with zero attached hydrogens (tertiary/aromatic N) is 1. The summed E-state index contributed by atoms with van der Waals surface area (Å²) in [5, 5.41) is 0. The Morgan fingerprint density at radius 2 is 2.64 bits per heavy atom. The van der Waals surface area contributed by atoms with E-state index in [1.807, 2.05) is 0 Å². The first-order valence-corrected chi connectivity index (χ1v) is 3.48. The Bertz CT molecular complexity index is 302. The van der Waals surface area contributed by atoms with Crippen molar-refractivity contribution >= 4 is 18.2 Å². The third-order valence-electron chi connectivity index (χ3n) is 1.13. The molecule has 11 heavy (non-hydrogen) atoms. The van der Waals surface area contributed by atoms with E-state index in [0.717, 1.165) is 0 Å². The van der Waals surface area contributed by atoms with Crippen LogP contribution >= 0.6 is 12.2 Å². The van der Waals surface area contributed by atoms with Crippen LogP contribution in [0, 0.1) is 4.77 Å². The third-order valence-corrected chi connectivity index (χ3v) is 1.48. The van der Waals surface area contributed by atoms with Crippen molar-refractivity contribution in [2.75, 3.05) is 0 Å². The van der Waals surface area contributed by atoms with Crippen LogP contribution in [0.25, 0.3) is 0 Å². The number of carbonyl (C=O) groups is 1. The molecule has 60 valence electrons. The molecule has 0 radical (unpaired) electrons. The van der Waals surface area contributed by atoms with Gasteiger partial charge in [0.05, 0.1) is 0 Å². The highest BCUT2D eigenvalue weighted by molar-refractivity contribution is 7.71. The summed E-state index contributed by atoms with van der Waals surface area (Å²) in [6.07, 6.45) is 3.40. The van der Waals surface area contributed by atoms with Crippen molar-refractivity contribution in [3.63, 3.8) is 0 Å². The van der Waals surface area contributed by atoms with E-state index in [-0.39, 0.29) is 12.7 Å². The zero-order chi connectivity index (χ0) is 8.27. The molecule has 5 heteroatoms. The number of imidazole rings is 1. The lowest BCUT2D eigenvalue weighted by molar-refractivity contribution is -0.144. The summed E-state index contributed by atoms with van der Waals surface area (Å²) >= 11 is 4.85. The van der Waals surface area contributed by atoms with Gasteiger partial charge in [-0.25, -0.2) is 0 Å². The molecule has 0 aliphatic heterocycles. The normalized spacial score (nSPS) is 9.55. The molecular weight excluding hydrogens is 164 g/mol. The molecule has 0 aliphatic rings. The predicted molar refractivity (Wildman–Crippen MR) is 41.4 cm³/mol. The number of hydrogen-bond donors (Lipinski definition) is 1. The highest BCUT2D eigenvalue weighted by Gasteiger charge is 1.94. The van der Waals surface area contributed by atoms with Gasteiger partial charge in [-0.05, 0) is 12.2 Å². The van der Waals surface area contributed by atoms with E-state index in [4.69, 9.17) is 17.0 Å². The lowest BCUT2D eigenvalue weighted by Crippen LogP contribution is -2.04.